The Balaban J connectivity index is 0.000000175. The summed E-state index contributed by atoms with van der Waals surface area (Å²) in [5, 5.41) is 29.4. The number of carbonyl (C=O) groups is 2. The van der Waals surface area contributed by atoms with Gasteiger partial charge in [-0.05, 0) is 98.5 Å². The molecule has 0 unspecified atom stereocenters. The van der Waals surface area contributed by atoms with Crippen LogP contribution < -0.4 is 31.0 Å². The first-order valence-electron chi connectivity index (χ1n) is 20.4. The lowest BCUT2D eigenvalue weighted by atomic mass is 10.1. The monoisotopic (exact) mass is 862 g/mol. The molecule has 0 aliphatic heterocycles. The lowest BCUT2D eigenvalue weighted by molar-refractivity contribution is -0.605. The van der Waals surface area contributed by atoms with Crippen molar-refractivity contribution >= 4 is 33.9 Å². The van der Waals surface area contributed by atoms with E-state index < -0.39 is 0 Å². The standard InChI is InChI=1S/2C25H18N4O3.H2O/c2*30-23-21-7-2-12-26-24(21)29(16-22(23)25(31)27-19-10-11-19)20-6-1-4-17(14-20)8-9-18-5-3-13-28(32)15-18;/h2*1-7,12-16,19H,10-11H2,(H,27,31);1H2. The highest BCUT2D eigenvalue weighted by molar-refractivity contribution is 5.98. The minimum Gasteiger partial charge on any atom is -0.619 e. The lowest BCUT2D eigenvalue weighted by Crippen LogP contribution is -2.31. The van der Waals surface area contributed by atoms with Crippen LogP contribution in [0.5, 0.6) is 0 Å². The van der Waals surface area contributed by atoms with Crippen LogP contribution in [0.4, 0.5) is 0 Å². The Labute approximate surface area is 370 Å². The summed E-state index contributed by atoms with van der Waals surface area (Å²) in [4.78, 5) is 60.1. The van der Waals surface area contributed by atoms with Crippen LogP contribution in [-0.4, -0.2) is 48.5 Å². The van der Waals surface area contributed by atoms with Crippen LogP contribution >= 0.6 is 0 Å². The SMILES string of the molecule is O.O=C(NC1CC1)c1cn(-c2cccc(C#Cc3ccc[n+]([O-])c3)c2)c2ncccc2c1=O.O=C(NC1CC1)c1cn(-c2cccc(C#Cc3ccc[n+]([O-])c3)c2)c2ncccc2c1=O. The van der Waals surface area contributed by atoms with E-state index in [0.29, 0.717) is 54.0 Å². The van der Waals surface area contributed by atoms with E-state index in [-0.39, 0.29) is 51.4 Å². The molecule has 4 N–H and O–H groups in total. The third-order valence-electron chi connectivity index (χ3n) is 10.3. The van der Waals surface area contributed by atoms with Crippen molar-refractivity contribution in [2.75, 3.05) is 0 Å². The van der Waals surface area contributed by atoms with Gasteiger partial charge in [0, 0.05) is 71.5 Å². The number of nitrogens with zero attached hydrogens (tertiary/aromatic N) is 6. The van der Waals surface area contributed by atoms with E-state index in [0.717, 1.165) is 36.8 Å². The zero-order valence-electron chi connectivity index (χ0n) is 34.5. The predicted molar refractivity (Wildman–Crippen MR) is 242 cm³/mol. The third kappa shape index (κ3) is 9.92. The van der Waals surface area contributed by atoms with Gasteiger partial charge in [-0.3, -0.25) is 19.2 Å². The molecule has 6 heterocycles. The zero-order chi connectivity index (χ0) is 44.2. The zero-order valence-corrected chi connectivity index (χ0v) is 34.5. The average Bonchev–Trinajstić information content (AvgIpc) is 4.27. The van der Waals surface area contributed by atoms with Crippen LogP contribution in [0.25, 0.3) is 33.4 Å². The molecular weight excluding hydrogens is 825 g/mol. The molecule has 2 fully saturated rings. The molecular formula is C50H38N8O7. The third-order valence-corrected chi connectivity index (χ3v) is 10.3. The summed E-state index contributed by atoms with van der Waals surface area (Å²) in [5.41, 5.74) is 4.47. The van der Waals surface area contributed by atoms with Gasteiger partial charge in [0.25, 0.3) is 11.8 Å². The molecule has 0 radical (unpaired) electrons. The van der Waals surface area contributed by atoms with Crippen molar-refractivity contribution in [3.8, 4) is 35.1 Å². The number of benzene rings is 2. The van der Waals surface area contributed by atoms with Gasteiger partial charge in [-0.1, -0.05) is 35.8 Å². The Morgan fingerprint density at radius 3 is 1.37 bits per heavy atom. The Kier molecular flexibility index (Phi) is 12.2. The molecule has 2 aliphatic carbocycles. The molecule has 8 aromatic rings. The molecule has 15 heteroatoms. The number of nitrogens with one attached hydrogen (secondary N) is 2. The van der Waals surface area contributed by atoms with E-state index in [1.807, 2.05) is 48.5 Å². The molecule has 320 valence electrons. The van der Waals surface area contributed by atoms with Gasteiger partial charge in [0.2, 0.25) is 10.9 Å². The molecule has 6 aromatic heterocycles. The Morgan fingerprint density at radius 1 is 0.569 bits per heavy atom. The van der Waals surface area contributed by atoms with Crippen LogP contribution in [0.1, 0.15) is 68.7 Å². The van der Waals surface area contributed by atoms with E-state index in [1.165, 1.54) is 24.8 Å². The molecule has 2 aliphatic rings. The summed E-state index contributed by atoms with van der Waals surface area (Å²) in [7, 11) is 0. The predicted octanol–water partition coefficient (Wildman–Crippen LogP) is 3.80. The molecule has 15 nitrogen and oxygen atoms in total. The van der Waals surface area contributed by atoms with Crippen molar-refractivity contribution in [1.82, 2.24) is 29.7 Å². The number of amides is 2. The summed E-state index contributed by atoms with van der Waals surface area (Å²) in [6.45, 7) is 0. The second-order valence-electron chi connectivity index (χ2n) is 15.2. The van der Waals surface area contributed by atoms with Gasteiger partial charge in [-0.25, -0.2) is 9.97 Å². The first kappa shape index (κ1) is 42.8. The number of aromatic nitrogens is 6. The maximum atomic E-state index is 12.9. The fraction of sp³-hybridized carbons (Fsp3) is 0.120. The van der Waals surface area contributed by atoms with Gasteiger partial charge in [0.05, 0.1) is 21.9 Å². The van der Waals surface area contributed by atoms with Crippen LogP contribution in [-0.2, 0) is 0 Å². The van der Waals surface area contributed by atoms with Gasteiger partial charge in [-0.2, -0.15) is 9.46 Å². The fourth-order valence-corrected chi connectivity index (χ4v) is 6.83. The second kappa shape index (κ2) is 18.6. The van der Waals surface area contributed by atoms with Crippen LogP contribution in [0, 0.1) is 34.1 Å². The topological polar surface area (TPSA) is 213 Å². The van der Waals surface area contributed by atoms with Crippen molar-refractivity contribution in [3.05, 3.63) is 211 Å². The minimum absolute atomic E-state index is 0. The van der Waals surface area contributed by atoms with E-state index in [2.05, 4.69) is 44.3 Å². The normalized spacial score (nSPS) is 12.6. The van der Waals surface area contributed by atoms with Crippen LogP contribution in [0.2, 0.25) is 0 Å². The maximum Gasteiger partial charge on any atom is 0.257 e. The van der Waals surface area contributed by atoms with Gasteiger partial charge in [0.15, 0.2) is 24.8 Å². The van der Waals surface area contributed by atoms with Crippen LogP contribution in [0.15, 0.2) is 156 Å². The highest BCUT2D eigenvalue weighted by atomic mass is 16.5. The van der Waals surface area contributed by atoms with Gasteiger partial charge in [-0.15, -0.1) is 0 Å². The van der Waals surface area contributed by atoms with E-state index in [1.54, 1.807) is 82.5 Å². The van der Waals surface area contributed by atoms with Gasteiger partial charge >= 0.3 is 0 Å². The minimum atomic E-state index is -0.372. The smallest absolute Gasteiger partial charge is 0.257 e. The Morgan fingerprint density at radius 2 is 0.969 bits per heavy atom. The lowest BCUT2D eigenvalue weighted by Gasteiger charge is -2.13. The van der Waals surface area contributed by atoms with Crippen molar-refractivity contribution in [2.45, 2.75) is 37.8 Å². The largest absolute Gasteiger partial charge is 0.619 e. The number of pyridine rings is 6. The summed E-state index contributed by atoms with van der Waals surface area (Å²) in [5.74, 6) is 11.3. The molecule has 2 amide bonds. The van der Waals surface area contributed by atoms with Crippen molar-refractivity contribution in [1.29, 1.82) is 0 Å². The fourth-order valence-electron chi connectivity index (χ4n) is 6.83. The average molecular weight is 863 g/mol. The molecule has 2 aromatic carbocycles. The highest BCUT2D eigenvalue weighted by Gasteiger charge is 2.27. The Hall–Kier alpha value is -8.92. The molecule has 0 atom stereocenters. The number of hydrogen-bond donors (Lipinski definition) is 2. The summed E-state index contributed by atoms with van der Waals surface area (Å²) in [6.07, 6.45) is 15.6. The van der Waals surface area contributed by atoms with Gasteiger partial charge in [0.1, 0.15) is 22.4 Å². The molecule has 10 rings (SSSR count). The molecule has 0 spiro atoms. The number of carbonyl (C=O) groups excluding carboxylic acids is 2. The molecule has 0 bridgehead atoms. The van der Waals surface area contributed by atoms with E-state index in [9.17, 15) is 29.6 Å². The quantitative estimate of drug-likeness (QED) is 0.142. The van der Waals surface area contributed by atoms with Gasteiger partial charge < -0.3 is 35.7 Å². The first-order chi connectivity index (χ1) is 31.2. The summed E-state index contributed by atoms with van der Waals surface area (Å²) >= 11 is 0. The molecule has 65 heavy (non-hydrogen) atoms. The van der Waals surface area contributed by atoms with Crippen molar-refractivity contribution in [2.24, 2.45) is 0 Å². The number of fused-ring (bicyclic) bond motifs is 2. The first-order valence-corrected chi connectivity index (χ1v) is 20.4. The number of hydrogen-bond acceptors (Lipinski definition) is 8. The second-order valence-corrected chi connectivity index (χ2v) is 15.2. The summed E-state index contributed by atoms with van der Waals surface area (Å²) < 4.78 is 4.87. The molecule has 2 saturated carbocycles. The number of rotatable bonds is 6. The maximum absolute atomic E-state index is 12.9. The van der Waals surface area contributed by atoms with Crippen LogP contribution in [0.3, 0.4) is 0 Å². The highest BCUT2D eigenvalue weighted by Crippen LogP contribution is 2.22. The van der Waals surface area contributed by atoms with E-state index >= 15 is 0 Å². The van der Waals surface area contributed by atoms with Crippen molar-refractivity contribution in [3.63, 3.8) is 0 Å². The summed E-state index contributed by atoms with van der Waals surface area (Å²) in [6, 6.07) is 28.6. The molecule has 0 saturated heterocycles. The van der Waals surface area contributed by atoms with E-state index in [4.69, 9.17) is 0 Å². The van der Waals surface area contributed by atoms with Crippen molar-refractivity contribution < 1.29 is 24.5 Å². The Bertz CT molecular complexity index is 3180.